The highest BCUT2D eigenvalue weighted by atomic mass is 16.4. The predicted octanol–water partition coefficient (Wildman–Crippen LogP) is 0.575. The van der Waals surface area contributed by atoms with Crippen LogP contribution in [-0.4, -0.2) is 64.7 Å². The molecule has 3 rings (SSSR count). The minimum Gasteiger partial charge on any atom is -0.389 e. The monoisotopic (exact) mass is 306 g/mol. The van der Waals surface area contributed by atoms with Crippen LogP contribution in [0.4, 0.5) is 5.69 Å². The number of aliphatic hydroxyl groups is 3. The highest BCUT2D eigenvalue weighted by molar-refractivity contribution is 5.47. The average molecular weight is 306 g/mol. The zero-order valence-corrected chi connectivity index (χ0v) is 12.9. The van der Waals surface area contributed by atoms with Gasteiger partial charge in [0.1, 0.15) is 6.10 Å². The van der Waals surface area contributed by atoms with Gasteiger partial charge in [0.15, 0.2) is 0 Å². The van der Waals surface area contributed by atoms with E-state index in [9.17, 15) is 15.3 Å². The number of anilines is 1. The Morgan fingerprint density at radius 2 is 1.45 bits per heavy atom. The molecule has 0 spiro atoms. The second-order valence-electron chi connectivity index (χ2n) is 6.53. The lowest BCUT2D eigenvalue weighted by Gasteiger charge is -2.37. The summed E-state index contributed by atoms with van der Waals surface area (Å²) in [5.74, 6) is 0. The fourth-order valence-corrected chi connectivity index (χ4v) is 3.43. The maximum atomic E-state index is 9.75. The molecule has 0 unspecified atom stereocenters. The summed E-state index contributed by atoms with van der Waals surface area (Å²) in [5, 5.41) is 29.1. The molecule has 0 saturated carbocycles. The van der Waals surface area contributed by atoms with Crippen LogP contribution in [0.5, 0.6) is 0 Å². The lowest BCUT2D eigenvalue weighted by Crippen LogP contribution is -2.54. The molecular weight excluding hydrogens is 280 g/mol. The van der Waals surface area contributed by atoms with Crippen molar-refractivity contribution in [2.45, 2.75) is 44.1 Å². The number of nitrogens with zero attached hydrogens (tertiary/aromatic N) is 2. The molecule has 1 aromatic rings. The van der Waals surface area contributed by atoms with Gasteiger partial charge in [0, 0.05) is 38.4 Å². The summed E-state index contributed by atoms with van der Waals surface area (Å²) >= 11 is 0. The molecule has 2 aliphatic heterocycles. The molecule has 2 aliphatic rings. The van der Waals surface area contributed by atoms with Crippen molar-refractivity contribution >= 4 is 5.69 Å². The third-order valence-corrected chi connectivity index (χ3v) is 4.74. The predicted molar refractivity (Wildman–Crippen MR) is 85.8 cm³/mol. The Hall–Kier alpha value is -1.14. The van der Waals surface area contributed by atoms with Crippen LogP contribution < -0.4 is 4.90 Å². The van der Waals surface area contributed by atoms with Crippen molar-refractivity contribution in [2.75, 3.05) is 31.1 Å². The fourth-order valence-electron chi connectivity index (χ4n) is 3.43. The van der Waals surface area contributed by atoms with Crippen LogP contribution >= 0.6 is 0 Å². The number of hydrogen-bond donors (Lipinski definition) is 3. The number of likely N-dealkylation sites (tertiary alicyclic amines) is 1. The Bertz CT molecular complexity index is 461. The molecule has 22 heavy (non-hydrogen) atoms. The molecule has 5 heteroatoms. The third-order valence-electron chi connectivity index (χ3n) is 4.74. The van der Waals surface area contributed by atoms with Gasteiger partial charge in [-0.1, -0.05) is 12.1 Å². The first-order valence-electron chi connectivity index (χ1n) is 8.24. The van der Waals surface area contributed by atoms with Crippen molar-refractivity contribution in [3.8, 4) is 0 Å². The van der Waals surface area contributed by atoms with E-state index in [4.69, 9.17) is 0 Å². The van der Waals surface area contributed by atoms with Gasteiger partial charge in [0.05, 0.1) is 12.2 Å². The average Bonchev–Trinajstić information content (AvgIpc) is 2.54. The van der Waals surface area contributed by atoms with Crippen molar-refractivity contribution in [1.82, 2.24) is 4.90 Å². The number of piperidine rings is 2. The van der Waals surface area contributed by atoms with E-state index in [1.807, 2.05) is 4.90 Å². The summed E-state index contributed by atoms with van der Waals surface area (Å²) in [4.78, 5) is 4.41. The first-order valence-corrected chi connectivity index (χ1v) is 8.24. The van der Waals surface area contributed by atoms with E-state index in [1.165, 1.54) is 24.9 Å². The molecule has 0 bridgehead atoms. The molecule has 122 valence electrons. The molecule has 2 saturated heterocycles. The van der Waals surface area contributed by atoms with E-state index < -0.39 is 18.3 Å². The molecule has 5 nitrogen and oxygen atoms in total. The SMILES string of the molecule is O[C@H]1[C@H](O)CN(Cc2ccc(N3CCCCC3)cc2)C[C@@H]1O. The molecule has 0 radical (unpaired) electrons. The lowest BCUT2D eigenvalue weighted by molar-refractivity contribution is -0.111. The van der Waals surface area contributed by atoms with Crippen molar-refractivity contribution in [3.05, 3.63) is 29.8 Å². The minimum atomic E-state index is -1.03. The van der Waals surface area contributed by atoms with Gasteiger partial charge < -0.3 is 20.2 Å². The Morgan fingerprint density at radius 3 is 2.05 bits per heavy atom. The Morgan fingerprint density at radius 1 is 0.864 bits per heavy atom. The van der Waals surface area contributed by atoms with Crippen molar-refractivity contribution in [3.63, 3.8) is 0 Å². The highest BCUT2D eigenvalue weighted by Crippen LogP contribution is 2.21. The van der Waals surface area contributed by atoms with Gasteiger partial charge in [-0.2, -0.15) is 0 Å². The van der Waals surface area contributed by atoms with Crippen LogP contribution in [0.15, 0.2) is 24.3 Å². The fraction of sp³-hybridized carbons (Fsp3) is 0.647. The number of aliphatic hydroxyl groups excluding tert-OH is 3. The van der Waals surface area contributed by atoms with Crippen LogP contribution in [0.25, 0.3) is 0 Å². The van der Waals surface area contributed by atoms with E-state index in [1.54, 1.807) is 0 Å². The second kappa shape index (κ2) is 6.96. The van der Waals surface area contributed by atoms with E-state index in [-0.39, 0.29) is 0 Å². The molecule has 1 aromatic carbocycles. The Balaban J connectivity index is 1.59. The Kier molecular flexibility index (Phi) is 4.98. The van der Waals surface area contributed by atoms with Gasteiger partial charge in [0.25, 0.3) is 0 Å². The van der Waals surface area contributed by atoms with E-state index in [0.717, 1.165) is 18.7 Å². The first kappa shape index (κ1) is 15.7. The minimum absolute atomic E-state index is 0.395. The van der Waals surface area contributed by atoms with Crippen LogP contribution in [-0.2, 0) is 6.54 Å². The molecule has 2 heterocycles. The molecule has 3 atom stereocenters. The first-order chi connectivity index (χ1) is 10.6. The molecule has 2 fully saturated rings. The number of β-amino-alcohol motifs (C(OH)–C–C–N with tert-alkyl or cyclic N) is 2. The summed E-state index contributed by atoms with van der Waals surface area (Å²) in [5.41, 5.74) is 2.44. The Labute approximate surface area is 131 Å². The van der Waals surface area contributed by atoms with E-state index in [0.29, 0.717) is 19.6 Å². The maximum absolute atomic E-state index is 9.75. The van der Waals surface area contributed by atoms with Gasteiger partial charge in [-0.3, -0.25) is 4.90 Å². The maximum Gasteiger partial charge on any atom is 0.108 e. The molecule has 0 aromatic heterocycles. The number of rotatable bonds is 3. The van der Waals surface area contributed by atoms with Crippen LogP contribution in [0.3, 0.4) is 0 Å². The lowest BCUT2D eigenvalue weighted by atomic mass is 10.0. The summed E-state index contributed by atoms with van der Waals surface area (Å²) in [6, 6.07) is 8.56. The molecule has 0 aliphatic carbocycles. The van der Waals surface area contributed by atoms with Crippen molar-refractivity contribution in [2.24, 2.45) is 0 Å². The van der Waals surface area contributed by atoms with Gasteiger partial charge in [-0.25, -0.2) is 0 Å². The van der Waals surface area contributed by atoms with Gasteiger partial charge in [-0.05, 0) is 37.0 Å². The zero-order valence-electron chi connectivity index (χ0n) is 12.9. The van der Waals surface area contributed by atoms with Crippen molar-refractivity contribution < 1.29 is 15.3 Å². The number of benzene rings is 1. The summed E-state index contributed by atoms with van der Waals surface area (Å²) in [7, 11) is 0. The normalized spacial score (nSPS) is 30.5. The quantitative estimate of drug-likeness (QED) is 0.762. The van der Waals surface area contributed by atoms with Crippen LogP contribution in [0.1, 0.15) is 24.8 Å². The van der Waals surface area contributed by atoms with Gasteiger partial charge in [-0.15, -0.1) is 0 Å². The number of hydrogen-bond acceptors (Lipinski definition) is 5. The highest BCUT2D eigenvalue weighted by Gasteiger charge is 2.33. The largest absolute Gasteiger partial charge is 0.389 e. The second-order valence-corrected chi connectivity index (χ2v) is 6.53. The van der Waals surface area contributed by atoms with Crippen molar-refractivity contribution in [1.29, 1.82) is 0 Å². The molecule has 0 amide bonds. The van der Waals surface area contributed by atoms with Crippen LogP contribution in [0.2, 0.25) is 0 Å². The van der Waals surface area contributed by atoms with Crippen LogP contribution in [0, 0.1) is 0 Å². The van der Waals surface area contributed by atoms with Gasteiger partial charge >= 0.3 is 0 Å². The standard InChI is InChI=1S/C17H26N2O3/c20-15-11-18(12-16(21)17(15)22)10-13-4-6-14(7-5-13)19-8-2-1-3-9-19/h4-7,15-17,20-22H,1-3,8-12H2/t15-,16+,17+. The summed E-state index contributed by atoms with van der Waals surface area (Å²) in [6.45, 7) is 3.75. The summed E-state index contributed by atoms with van der Waals surface area (Å²) < 4.78 is 0. The third kappa shape index (κ3) is 3.60. The molecular formula is C17H26N2O3. The summed E-state index contributed by atoms with van der Waals surface area (Å²) in [6.07, 6.45) is 1.09. The van der Waals surface area contributed by atoms with Gasteiger partial charge in [0.2, 0.25) is 0 Å². The zero-order chi connectivity index (χ0) is 15.5. The topological polar surface area (TPSA) is 67.2 Å². The smallest absolute Gasteiger partial charge is 0.108 e. The van der Waals surface area contributed by atoms with E-state index >= 15 is 0 Å². The molecule has 3 N–H and O–H groups in total. The van der Waals surface area contributed by atoms with E-state index in [2.05, 4.69) is 29.2 Å².